The Kier molecular flexibility index (Phi) is 8.20. The first-order chi connectivity index (χ1) is 15.0. The quantitative estimate of drug-likeness (QED) is 0.710. The maximum Gasteiger partial charge on any atom is 0.253 e. The Morgan fingerprint density at radius 1 is 0.935 bits per heavy atom. The Labute approximate surface area is 185 Å². The zero-order chi connectivity index (χ0) is 22.2. The van der Waals surface area contributed by atoms with Crippen molar-refractivity contribution >= 4 is 17.5 Å². The van der Waals surface area contributed by atoms with E-state index in [9.17, 15) is 9.59 Å². The molecule has 1 heterocycles. The lowest BCUT2D eigenvalue weighted by molar-refractivity contribution is -0.117. The van der Waals surface area contributed by atoms with Crippen molar-refractivity contribution in [3.63, 3.8) is 0 Å². The summed E-state index contributed by atoms with van der Waals surface area (Å²) in [4.78, 5) is 31.5. The summed E-state index contributed by atoms with van der Waals surface area (Å²) in [6.45, 7) is 12.4. The van der Waals surface area contributed by atoms with Gasteiger partial charge in [0.25, 0.3) is 5.91 Å². The number of hydrogen-bond donors (Lipinski definition) is 1. The van der Waals surface area contributed by atoms with E-state index in [1.807, 2.05) is 26.0 Å². The van der Waals surface area contributed by atoms with Gasteiger partial charge in [0.2, 0.25) is 5.91 Å². The predicted molar refractivity (Wildman–Crippen MR) is 125 cm³/mol. The normalized spacial score (nSPS) is 14.9. The number of carbonyl (C=O) groups is 2. The van der Waals surface area contributed by atoms with Gasteiger partial charge in [0, 0.05) is 57.1 Å². The van der Waals surface area contributed by atoms with Crippen molar-refractivity contribution in [2.45, 2.75) is 27.3 Å². The van der Waals surface area contributed by atoms with Crippen molar-refractivity contribution in [3.05, 3.63) is 65.2 Å². The van der Waals surface area contributed by atoms with Crippen LogP contribution in [0.4, 0.5) is 5.69 Å². The van der Waals surface area contributed by atoms with Crippen LogP contribution in [0, 0.1) is 6.92 Å². The van der Waals surface area contributed by atoms with Gasteiger partial charge in [-0.1, -0.05) is 35.9 Å². The van der Waals surface area contributed by atoms with Crippen LogP contribution < -0.4 is 5.32 Å². The molecule has 1 saturated heterocycles. The molecule has 6 nitrogen and oxygen atoms in total. The second-order valence-corrected chi connectivity index (χ2v) is 8.15. The van der Waals surface area contributed by atoms with Gasteiger partial charge in [0.1, 0.15) is 0 Å². The summed E-state index contributed by atoms with van der Waals surface area (Å²) in [7, 11) is 0. The van der Waals surface area contributed by atoms with Gasteiger partial charge in [-0.05, 0) is 44.5 Å². The van der Waals surface area contributed by atoms with Gasteiger partial charge in [-0.25, -0.2) is 0 Å². The fraction of sp³-hybridized carbons (Fsp3) is 0.440. The molecule has 0 saturated carbocycles. The maximum absolute atomic E-state index is 12.6. The van der Waals surface area contributed by atoms with Gasteiger partial charge in [0.05, 0.1) is 6.54 Å². The highest BCUT2D eigenvalue weighted by Crippen LogP contribution is 2.14. The number of anilines is 1. The monoisotopic (exact) mass is 422 g/mol. The summed E-state index contributed by atoms with van der Waals surface area (Å²) in [5.74, 6) is -0.0506. The molecule has 0 bridgehead atoms. The van der Waals surface area contributed by atoms with E-state index < -0.39 is 0 Å². The van der Waals surface area contributed by atoms with E-state index in [0.717, 1.165) is 32.7 Å². The van der Waals surface area contributed by atoms with Gasteiger partial charge in [0.15, 0.2) is 0 Å². The Morgan fingerprint density at radius 3 is 2.29 bits per heavy atom. The predicted octanol–water partition coefficient (Wildman–Crippen LogP) is 3.23. The molecule has 0 unspecified atom stereocenters. The molecule has 0 radical (unpaired) electrons. The summed E-state index contributed by atoms with van der Waals surface area (Å²) in [5, 5.41) is 2.95. The average molecular weight is 423 g/mol. The van der Waals surface area contributed by atoms with Crippen molar-refractivity contribution in [1.29, 1.82) is 0 Å². The first-order valence-electron chi connectivity index (χ1n) is 11.2. The first-order valence-corrected chi connectivity index (χ1v) is 11.2. The molecule has 1 N–H and O–H groups in total. The third kappa shape index (κ3) is 6.64. The van der Waals surface area contributed by atoms with E-state index in [0.29, 0.717) is 30.9 Å². The summed E-state index contributed by atoms with van der Waals surface area (Å²) < 4.78 is 0. The van der Waals surface area contributed by atoms with Gasteiger partial charge >= 0.3 is 0 Å². The number of amides is 2. The van der Waals surface area contributed by atoms with Crippen molar-refractivity contribution < 1.29 is 9.59 Å². The minimum atomic E-state index is -0.0421. The van der Waals surface area contributed by atoms with E-state index in [4.69, 9.17) is 0 Å². The Hall–Kier alpha value is -2.70. The van der Waals surface area contributed by atoms with E-state index >= 15 is 0 Å². The Morgan fingerprint density at radius 2 is 1.61 bits per heavy atom. The molecule has 1 fully saturated rings. The van der Waals surface area contributed by atoms with Crippen LogP contribution in [0.1, 0.15) is 35.3 Å². The molecule has 0 aliphatic carbocycles. The number of rotatable bonds is 8. The number of carbonyl (C=O) groups excluding carboxylic acids is 2. The number of aryl methyl sites for hydroxylation is 1. The number of nitrogens with one attached hydrogen (secondary N) is 1. The molecule has 0 spiro atoms. The zero-order valence-electron chi connectivity index (χ0n) is 18.9. The van der Waals surface area contributed by atoms with E-state index in [1.54, 1.807) is 17.0 Å². The van der Waals surface area contributed by atoms with Crippen molar-refractivity contribution in [1.82, 2.24) is 14.7 Å². The van der Waals surface area contributed by atoms with Gasteiger partial charge in [-0.3, -0.25) is 19.4 Å². The van der Waals surface area contributed by atoms with E-state index in [1.165, 1.54) is 11.1 Å². The summed E-state index contributed by atoms with van der Waals surface area (Å²) in [6, 6.07) is 15.8. The number of nitrogens with zero attached hydrogens (tertiary/aromatic N) is 3. The van der Waals surface area contributed by atoms with Crippen LogP contribution in [0.3, 0.4) is 0 Å². The van der Waals surface area contributed by atoms with Gasteiger partial charge < -0.3 is 10.2 Å². The molecule has 2 amide bonds. The molecule has 0 aromatic heterocycles. The standard InChI is InChI=1S/C25H34N4O2/c1-4-29(5-2)25(31)22-10-7-11-23(17-22)26-24(30)19-28-14-12-27(13-15-28)18-21-9-6-8-20(3)16-21/h6-11,16-17H,4-5,12-15,18-19H2,1-3H3,(H,26,30). The molecule has 31 heavy (non-hydrogen) atoms. The second kappa shape index (κ2) is 11.1. The molecule has 3 rings (SSSR count). The molecular formula is C25H34N4O2. The summed E-state index contributed by atoms with van der Waals surface area (Å²) >= 11 is 0. The van der Waals surface area contributed by atoms with Crippen molar-refractivity contribution in [3.8, 4) is 0 Å². The van der Waals surface area contributed by atoms with Crippen LogP contribution >= 0.6 is 0 Å². The fourth-order valence-electron chi connectivity index (χ4n) is 4.00. The van der Waals surface area contributed by atoms with Crippen LogP contribution in [-0.2, 0) is 11.3 Å². The molecule has 2 aromatic rings. The third-order valence-electron chi connectivity index (χ3n) is 5.76. The fourth-order valence-corrected chi connectivity index (χ4v) is 4.00. The highest BCUT2D eigenvalue weighted by atomic mass is 16.2. The lowest BCUT2D eigenvalue weighted by Gasteiger charge is -2.34. The lowest BCUT2D eigenvalue weighted by atomic mass is 10.1. The lowest BCUT2D eigenvalue weighted by Crippen LogP contribution is -2.48. The molecule has 2 aromatic carbocycles. The smallest absolute Gasteiger partial charge is 0.253 e. The van der Waals surface area contributed by atoms with E-state index in [2.05, 4.69) is 46.3 Å². The minimum Gasteiger partial charge on any atom is -0.339 e. The van der Waals surface area contributed by atoms with Gasteiger partial charge in [-0.2, -0.15) is 0 Å². The molecule has 166 valence electrons. The molecule has 1 aliphatic heterocycles. The summed E-state index contributed by atoms with van der Waals surface area (Å²) in [6.07, 6.45) is 0. The summed E-state index contributed by atoms with van der Waals surface area (Å²) in [5.41, 5.74) is 3.90. The number of piperazine rings is 1. The second-order valence-electron chi connectivity index (χ2n) is 8.15. The van der Waals surface area contributed by atoms with Crippen LogP contribution in [0.5, 0.6) is 0 Å². The topological polar surface area (TPSA) is 55.9 Å². The maximum atomic E-state index is 12.6. The van der Waals surface area contributed by atoms with Crippen LogP contribution in [0.15, 0.2) is 48.5 Å². The largest absolute Gasteiger partial charge is 0.339 e. The van der Waals surface area contributed by atoms with Crippen LogP contribution in [0.25, 0.3) is 0 Å². The van der Waals surface area contributed by atoms with Crippen LogP contribution in [0.2, 0.25) is 0 Å². The SMILES string of the molecule is CCN(CC)C(=O)c1cccc(NC(=O)CN2CCN(Cc3cccc(C)c3)CC2)c1. The first kappa shape index (κ1) is 23.0. The molecule has 6 heteroatoms. The highest BCUT2D eigenvalue weighted by molar-refractivity contribution is 5.97. The van der Waals surface area contributed by atoms with Gasteiger partial charge in [-0.15, -0.1) is 0 Å². The van der Waals surface area contributed by atoms with Crippen LogP contribution in [-0.4, -0.2) is 72.3 Å². The Bertz CT molecular complexity index is 887. The molecule has 1 aliphatic rings. The van der Waals surface area contributed by atoms with Crippen molar-refractivity contribution in [2.24, 2.45) is 0 Å². The molecule has 0 atom stereocenters. The zero-order valence-corrected chi connectivity index (χ0v) is 18.9. The minimum absolute atomic E-state index is 0.00849. The Balaban J connectivity index is 1.47. The van der Waals surface area contributed by atoms with E-state index in [-0.39, 0.29) is 11.8 Å². The average Bonchev–Trinajstić information content (AvgIpc) is 2.76. The number of benzene rings is 2. The number of hydrogen-bond acceptors (Lipinski definition) is 4. The third-order valence-corrected chi connectivity index (χ3v) is 5.76. The van der Waals surface area contributed by atoms with Crippen molar-refractivity contribution in [2.75, 3.05) is 51.1 Å². The highest BCUT2D eigenvalue weighted by Gasteiger charge is 2.19. The molecular weight excluding hydrogens is 388 g/mol.